The van der Waals surface area contributed by atoms with Gasteiger partial charge in [0.05, 0.1) is 0 Å². The Balaban J connectivity index is 2.26. The van der Waals surface area contributed by atoms with Crippen LogP contribution in [0.3, 0.4) is 0 Å². The second-order valence-corrected chi connectivity index (χ2v) is 4.55. The van der Waals surface area contributed by atoms with Gasteiger partial charge in [-0.25, -0.2) is 4.79 Å². The first-order valence-electron chi connectivity index (χ1n) is 5.67. The van der Waals surface area contributed by atoms with Crippen LogP contribution in [-0.2, 0) is 0 Å². The van der Waals surface area contributed by atoms with Crippen molar-refractivity contribution in [1.29, 1.82) is 0 Å². The summed E-state index contributed by atoms with van der Waals surface area (Å²) in [6.07, 6.45) is -0.749. The average molecular weight is 244 g/mol. The van der Waals surface area contributed by atoms with Crippen molar-refractivity contribution in [2.75, 3.05) is 0 Å². The summed E-state index contributed by atoms with van der Waals surface area (Å²) in [4.78, 5) is 11.2. The zero-order chi connectivity index (χ0) is 12.9. The first-order valence-corrected chi connectivity index (χ1v) is 5.67. The van der Waals surface area contributed by atoms with Gasteiger partial charge in [0.25, 0.3) is 0 Å². The van der Waals surface area contributed by atoms with E-state index < -0.39 is 11.7 Å². The Morgan fingerprint density at radius 3 is 2.78 bits per heavy atom. The van der Waals surface area contributed by atoms with Crippen molar-refractivity contribution < 1.29 is 14.3 Å². The van der Waals surface area contributed by atoms with E-state index >= 15 is 0 Å². The molecule has 18 heavy (non-hydrogen) atoms. The van der Waals surface area contributed by atoms with Crippen LogP contribution in [0, 0.1) is 0 Å². The highest BCUT2D eigenvalue weighted by Gasteiger charge is 2.29. The maximum absolute atomic E-state index is 11.2. The molecule has 2 aromatic rings. The van der Waals surface area contributed by atoms with Crippen LogP contribution in [0.15, 0.2) is 44.8 Å². The summed E-state index contributed by atoms with van der Waals surface area (Å²) >= 11 is 0. The van der Waals surface area contributed by atoms with Crippen LogP contribution >= 0.6 is 0 Å². The first-order chi connectivity index (χ1) is 8.56. The molecule has 92 valence electrons. The van der Waals surface area contributed by atoms with Crippen molar-refractivity contribution in [1.82, 2.24) is 0 Å². The third-order valence-electron chi connectivity index (χ3n) is 3.01. The van der Waals surface area contributed by atoms with E-state index in [0.717, 1.165) is 11.0 Å². The summed E-state index contributed by atoms with van der Waals surface area (Å²) in [5.74, 6) is 1.09. The minimum absolute atomic E-state index is 0.400. The largest absolute Gasteiger partial charge is 0.458 e. The fraction of sp³-hybridized carbons (Fsp3) is 0.214. The molecule has 4 nitrogen and oxygen atoms in total. The van der Waals surface area contributed by atoms with E-state index in [1.807, 2.05) is 13.8 Å². The maximum Gasteiger partial charge on any atom is 0.336 e. The highest BCUT2D eigenvalue weighted by atomic mass is 16.5. The van der Waals surface area contributed by atoms with Crippen LogP contribution in [0.25, 0.3) is 11.0 Å². The lowest BCUT2D eigenvalue weighted by Crippen LogP contribution is -1.99. The highest BCUT2D eigenvalue weighted by Crippen LogP contribution is 2.42. The van der Waals surface area contributed by atoms with Crippen molar-refractivity contribution in [3.8, 4) is 5.75 Å². The molecule has 1 aromatic carbocycles. The van der Waals surface area contributed by atoms with Gasteiger partial charge in [-0.1, -0.05) is 0 Å². The van der Waals surface area contributed by atoms with Gasteiger partial charge in [0.2, 0.25) is 0 Å². The molecule has 0 fully saturated rings. The molecule has 1 aromatic heterocycles. The molecular formula is C14H12O4. The van der Waals surface area contributed by atoms with E-state index in [9.17, 15) is 9.90 Å². The molecule has 0 saturated carbocycles. The van der Waals surface area contributed by atoms with Crippen molar-refractivity contribution in [3.63, 3.8) is 0 Å². The molecule has 0 spiro atoms. The molecular weight excluding hydrogens is 232 g/mol. The Morgan fingerprint density at radius 1 is 1.28 bits per heavy atom. The average Bonchev–Trinajstić information content (AvgIpc) is 2.64. The van der Waals surface area contributed by atoms with Gasteiger partial charge in [-0.2, -0.15) is 0 Å². The van der Waals surface area contributed by atoms with Crippen LogP contribution in [0.2, 0.25) is 0 Å². The number of aliphatic hydroxyl groups is 1. The van der Waals surface area contributed by atoms with Crippen molar-refractivity contribution in [2.45, 2.75) is 20.0 Å². The van der Waals surface area contributed by atoms with Gasteiger partial charge in [-0.15, -0.1) is 0 Å². The molecule has 0 aliphatic carbocycles. The Hall–Kier alpha value is -2.07. The van der Waals surface area contributed by atoms with Crippen LogP contribution < -0.4 is 10.4 Å². The molecule has 0 amide bonds. The molecule has 3 rings (SSSR count). The number of aliphatic hydroxyl groups excluding tert-OH is 1. The zero-order valence-electron chi connectivity index (χ0n) is 10.1. The van der Waals surface area contributed by atoms with Crippen LogP contribution in [0.4, 0.5) is 0 Å². The summed E-state index contributed by atoms with van der Waals surface area (Å²) in [6, 6.07) is 6.47. The number of benzene rings is 1. The van der Waals surface area contributed by atoms with Crippen molar-refractivity contribution in [2.24, 2.45) is 0 Å². The Labute approximate surface area is 103 Å². The highest BCUT2D eigenvalue weighted by molar-refractivity contribution is 5.80. The Kier molecular flexibility index (Phi) is 2.28. The molecule has 0 bridgehead atoms. The van der Waals surface area contributed by atoms with Crippen LogP contribution in [-0.4, -0.2) is 5.11 Å². The van der Waals surface area contributed by atoms with Crippen molar-refractivity contribution in [3.05, 3.63) is 51.6 Å². The minimum atomic E-state index is -0.749. The molecule has 2 heterocycles. The predicted octanol–water partition coefficient (Wildman–Crippen LogP) is 2.51. The SMILES string of the molecule is CC(C)=C1Oc2cc3oc(=O)ccc3cc2[C@@H]1O. The zero-order valence-corrected chi connectivity index (χ0v) is 10.1. The minimum Gasteiger partial charge on any atom is -0.458 e. The lowest BCUT2D eigenvalue weighted by molar-refractivity contribution is 0.189. The number of rotatable bonds is 0. The fourth-order valence-electron chi connectivity index (χ4n) is 2.11. The smallest absolute Gasteiger partial charge is 0.336 e. The number of fused-ring (bicyclic) bond motifs is 2. The quantitative estimate of drug-likeness (QED) is 0.723. The third-order valence-corrected chi connectivity index (χ3v) is 3.01. The number of hydrogen-bond donors (Lipinski definition) is 1. The number of allylic oxidation sites excluding steroid dienone is 1. The summed E-state index contributed by atoms with van der Waals surface area (Å²) in [6.45, 7) is 3.76. The number of hydrogen-bond acceptors (Lipinski definition) is 4. The van der Waals surface area contributed by atoms with Gasteiger partial charge in [-0.3, -0.25) is 0 Å². The van der Waals surface area contributed by atoms with E-state index in [0.29, 0.717) is 22.7 Å². The van der Waals surface area contributed by atoms with Crippen molar-refractivity contribution >= 4 is 11.0 Å². The number of ether oxygens (including phenoxy) is 1. The molecule has 4 heteroatoms. The van der Waals surface area contributed by atoms with Gasteiger partial charge in [0.15, 0.2) is 0 Å². The Morgan fingerprint density at radius 2 is 2.06 bits per heavy atom. The fourth-order valence-corrected chi connectivity index (χ4v) is 2.11. The summed E-state index contributed by atoms with van der Waals surface area (Å²) in [5, 5.41) is 10.9. The molecule has 0 saturated heterocycles. The van der Waals surface area contributed by atoms with E-state index in [1.165, 1.54) is 6.07 Å². The monoisotopic (exact) mass is 244 g/mol. The van der Waals surface area contributed by atoms with E-state index in [1.54, 1.807) is 18.2 Å². The maximum atomic E-state index is 11.2. The molecule has 1 aliphatic heterocycles. The van der Waals surface area contributed by atoms with Crippen LogP contribution in [0.5, 0.6) is 5.75 Å². The Bertz CT molecular complexity index is 720. The third kappa shape index (κ3) is 1.54. The summed E-state index contributed by atoms with van der Waals surface area (Å²) in [5.41, 5.74) is 1.68. The summed E-state index contributed by atoms with van der Waals surface area (Å²) < 4.78 is 10.7. The normalized spacial score (nSPS) is 17.7. The first kappa shape index (κ1) is 11.0. The van der Waals surface area contributed by atoms with Gasteiger partial charge in [0.1, 0.15) is 23.2 Å². The predicted molar refractivity (Wildman–Crippen MR) is 66.4 cm³/mol. The lowest BCUT2D eigenvalue weighted by atomic mass is 10.1. The standard InChI is InChI=1S/C14H12O4/c1-7(2)14-13(16)9-5-8-3-4-12(15)17-10(8)6-11(9)18-14/h3-6,13,16H,1-2H3/t13-/m0/s1. The topological polar surface area (TPSA) is 59.7 Å². The summed E-state index contributed by atoms with van der Waals surface area (Å²) in [7, 11) is 0. The van der Waals surface area contributed by atoms with Gasteiger partial charge in [-0.05, 0) is 31.6 Å². The van der Waals surface area contributed by atoms with Gasteiger partial charge >= 0.3 is 5.63 Å². The van der Waals surface area contributed by atoms with E-state index in [2.05, 4.69) is 0 Å². The van der Waals surface area contributed by atoms with Gasteiger partial charge < -0.3 is 14.3 Å². The molecule has 1 aliphatic rings. The van der Waals surface area contributed by atoms with Gasteiger partial charge in [0, 0.05) is 23.1 Å². The van der Waals surface area contributed by atoms with Crippen LogP contribution in [0.1, 0.15) is 25.5 Å². The molecule has 1 atom stereocenters. The van der Waals surface area contributed by atoms with E-state index in [-0.39, 0.29) is 0 Å². The molecule has 0 unspecified atom stereocenters. The van der Waals surface area contributed by atoms with E-state index in [4.69, 9.17) is 9.15 Å². The second-order valence-electron chi connectivity index (χ2n) is 4.55. The molecule has 1 N–H and O–H groups in total. The lowest BCUT2D eigenvalue weighted by Gasteiger charge is -2.04. The second kappa shape index (κ2) is 3.71. The molecule has 0 radical (unpaired) electrons.